The number of hydrogen-bond donors (Lipinski definition) is 0. The van der Waals surface area contributed by atoms with Crippen LogP contribution in [0.3, 0.4) is 0 Å². The molecular formula is C18H35N. The Bertz CT molecular complexity index is 288. The first kappa shape index (κ1) is 18.3. The van der Waals surface area contributed by atoms with Gasteiger partial charge >= 0.3 is 0 Å². The van der Waals surface area contributed by atoms with Gasteiger partial charge in [0.05, 0.1) is 0 Å². The van der Waals surface area contributed by atoms with Gasteiger partial charge in [-0.15, -0.1) is 0 Å². The van der Waals surface area contributed by atoms with Crippen LogP contribution in [0.2, 0.25) is 0 Å². The van der Waals surface area contributed by atoms with Crippen molar-refractivity contribution in [2.24, 2.45) is 5.92 Å². The van der Waals surface area contributed by atoms with E-state index in [2.05, 4.69) is 53.1 Å². The maximum Gasteiger partial charge on any atom is 0.0197 e. The normalized spacial score (nSPS) is 14.0. The Balaban J connectivity index is 4.59. The van der Waals surface area contributed by atoms with Crippen LogP contribution >= 0.6 is 0 Å². The second kappa shape index (κ2) is 10.1. The van der Waals surface area contributed by atoms with E-state index in [1.807, 2.05) is 0 Å². The minimum absolute atomic E-state index is 0.779. The molecule has 1 atom stereocenters. The van der Waals surface area contributed by atoms with E-state index in [9.17, 15) is 0 Å². The van der Waals surface area contributed by atoms with Crippen LogP contribution in [0.4, 0.5) is 0 Å². The zero-order valence-corrected chi connectivity index (χ0v) is 14.2. The average molecular weight is 265 g/mol. The summed E-state index contributed by atoms with van der Waals surface area (Å²) in [5.74, 6) is 0.779. The highest BCUT2D eigenvalue weighted by Crippen LogP contribution is 2.23. The molecule has 0 spiro atoms. The smallest absolute Gasteiger partial charge is 0.0197 e. The third-order valence-electron chi connectivity index (χ3n) is 3.90. The zero-order valence-electron chi connectivity index (χ0n) is 14.2. The van der Waals surface area contributed by atoms with Gasteiger partial charge in [0.2, 0.25) is 0 Å². The molecule has 0 radical (unpaired) electrons. The minimum Gasteiger partial charge on any atom is -0.377 e. The van der Waals surface area contributed by atoms with Crippen molar-refractivity contribution in [2.75, 3.05) is 13.6 Å². The predicted octanol–water partition coefficient (Wildman–Crippen LogP) is 5.78. The molecule has 19 heavy (non-hydrogen) atoms. The lowest BCUT2D eigenvalue weighted by Gasteiger charge is -2.28. The van der Waals surface area contributed by atoms with Crippen LogP contribution in [0.1, 0.15) is 73.1 Å². The summed E-state index contributed by atoms with van der Waals surface area (Å²) in [4.78, 5) is 2.46. The van der Waals surface area contributed by atoms with Crippen LogP contribution in [-0.2, 0) is 0 Å². The fraction of sp³-hybridized carbons (Fsp3) is 0.778. The second-order valence-electron chi connectivity index (χ2n) is 5.89. The van der Waals surface area contributed by atoms with Crippen LogP contribution in [0.5, 0.6) is 0 Å². The first-order chi connectivity index (χ1) is 8.97. The van der Waals surface area contributed by atoms with E-state index >= 15 is 0 Å². The van der Waals surface area contributed by atoms with Crippen molar-refractivity contribution in [2.45, 2.75) is 73.1 Å². The van der Waals surface area contributed by atoms with E-state index in [4.69, 9.17) is 0 Å². The summed E-state index contributed by atoms with van der Waals surface area (Å²) in [5.41, 5.74) is 4.16. The van der Waals surface area contributed by atoms with Gasteiger partial charge in [-0.3, -0.25) is 0 Å². The third kappa shape index (κ3) is 6.84. The zero-order chi connectivity index (χ0) is 14.8. The second-order valence-corrected chi connectivity index (χ2v) is 5.89. The summed E-state index contributed by atoms with van der Waals surface area (Å²) in [7, 11) is 2.24. The first-order valence-electron chi connectivity index (χ1n) is 8.06. The molecule has 0 aliphatic rings. The molecule has 0 fully saturated rings. The first-order valence-corrected chi connectivity index (χ1v) is 8.06. The lowest BCUT2D eigenvalue weighted by molar-refractivity contribution is 0.319. The van der Waals surface area contributed by atoms with Gasteiger partial charge < -0.3 is 4.90 Å². The molecule has 1 unspecified atom stereocenters. The lowest BCUT2D eigenvalue weighted by atomic mass is 9.99. The number of hydrogen-bond acceptors (Lipinski definition) is 1. The minimum atomic E-state index is 0.779. The highest BCUT2D eigenvalue weighted by atomic mass is 15.1. The Morgan fingerprint density at radius 3 is 2.16 bits per heavy atom. The van der Waals surface area contributed by atoms with E-state index in [1.165, 1.54) is 49.1 Å². The van der Waals surface area contributed by atoms with Gasteiger partial charge in [0, 0.05) is 19.3 Å². The summed E-state index contributed by atoms with van der Waals surface area (Å²) in [6.45, 7) is 16.6. The average Bonchev–Trinajstić information content (AvgIpc) is 2.35. The molecule has 0 saturated heterocycles. The predicted molar refractivity (Wildman–Crippen MR) is 88.4 cm³/mol. The fourth-order valence-electron chi connectivity index (χ4n) is 2.88. The van der Waals surface area contributed by atoms with E-state index < -0.39 is 0 Å². The quantitative estimate of drug-likeness (QED) is 0.357. The molecule has 0 saturated carbocycles. The fourth-order valence-corrected chi connectivity index (χ4v) is 2.88. The molecule has 0 bridgehead atoms. The van der Waals surface area contributed by atoms with Crippen molar-refractivity contribution in [1.29, 1.82) is 0 Å². The number of rotatable bonds is 10. The molecule has 0 heterocycles. The molecule has 0 aliphatic carbocycles. The van der Waals surface area contributed by atoms with Gasteiger partial charge in [-0.25, -0.2) is 0 Å². The Morgan fingerprint density at radius 1 is 1.11 bits per heavy atom. The molecular weight excluding hydrogens is 230 g/mol. The molecule has 0 amide bonds. The molecule has 0 aliphatic heterocycles. The maximum absolute atomic E-state index is 4.13. The van der Waals surface area contributed by atoms with E-state index in [0.29, 0.717) is 0 Å². The molecule has 0 N–H and O–H groups in total. The Kier molecular flexibility index (Phi) is 9.73. The van der Waals surface area contributed by atoms with Gasteiger partial charge in [0.25, 0.3) is 0 Å². The van der Waals surface area contributed by atoms with Crippen LogP contribution in [0, 0.1) is 5.92 Å². The largest absolute Gasteiger partial charge is 0.377 e. The molecule has 1 heteroatoms. The van der Waals surface area contributed by atoms with Crippen LogP contribution in [0.25, 0.3) is 0 Å². The van der Waals surface area contributed by atoms with E-state index in [-0.39, 0.29) is 0 Å². The molecule has 0 aromatic heterocycles. The van der Waals surface area contributed by atoms with Gasteiger partial charge in [0.15, 0.2) is 0 Å². The van der Waals surface area contributed by atoms with Gasteiger partial charge in [0.1, 0.15) is 0 Å². The lowest BCUT2D eigenvalue weighted by Crippen LogP contribution is -2.25. The summed E-state index contributed by atoms with van der Waals surface area (Å²) < 4.78 is 0. The van der Waals surface area contributed by atoms with Gasteiger partial charge in [-0.1, -0.05) is 59.1 Å². The van der Waals surface area contributed by atoms with Gasteiger partial charge in [-0.05, 0) is 37.7 Å². The highest BCUT2D eigenvalue weighted by molar-refractivity contribution is 5.30. The number of allylic oxidation sites excluding steroid dienone is 3. The Labute approximate surface area is 121 Å². The monoisotopic (exact) mass is 265 g/mol. The molecule has 0 aromatic rings. The molecule has 112 valence electrons. The summed E-state index contributed by atoms with van der Waals surface area (Å²) >= 11 is 0. The Morgan fingerprint density at radius 2 is 1.74 bits per heavy atom. The maximum atomic E-state index is 4.13. The SMILES string of the molecule is C=C(C)/C(CC)=C(\CC)N(C)CC(C)CCCCC. The molecule has 0 rings (SSSR count). The summed E-state index contributed by atoms with van der Waals surface area (Å²) in [5, 5.41) is 0. The van der Waals surface area contributed by atoms with Crippen molar-refractivity contribution < 1.29 is 0 Å². The van der Waals surface area contributed by atoms with E-state index in [0.717, 1.165) is 18.8 Å². The number of nitrogens with zero attached hydrogens (tertiary/aromatic N) is 1. The van der Waals surface area contributed by atoms with E-state index in [1.54, 1.807) is 0 Å². The Hall–Kier alpha value is -0.720. The van der Waals surface area contributed by atoms with Crippen LogP contribution in [-0.4, -0.2) is 18.5 Å². The highest BCUT2D eigenvalue weighted by Gasteiger charge is 2.12. The number of unbranched alkanes of at least 4 members (excludes halogenated alkanes) is 2. The van der Waals surface area contributed by atoms with Crippen LogP contribution < -0.4 is 0 Å². The van der Waals surface area contributed by atoms with Gasteiger partial charge in [-0.2, -0.15) is 0 Å². The van der Waals surface area contributed by atoms with Crippen molar-refractivity contribution in [3.05, 3.63) is 23.4 Å². The van der Waals surface area contributed by atoms with Crippen molar-refractivity contribution in [1.82, 2.24) is 4.90 Å². The summed E-state index contributed by atoms with van der Waals surface area (Å²) in [6, 6.07) is 0. The third-order valence-corrected chi connectivity index (χ3v) is 3.90. The summed E-state index contributed by atoms with van der Waals surface area (Å²) in [6.07, 6.45) is 7.61. The van der Waals surface area contributed by atoms with Crippen LogP contribution in [0.15, 0.2) is 23.4 Å². The topological polar surface area (TPSA) is 3.24 Å². The van der Waals surface area contributed by atoms with Crippen molar-refractivity contribution >= 4 is 0 Å². The van der Waals surface area contributed by atoms with Crippen molar-refractivity contribution in [3.8, 4) is 0 Å². The standard InChI is InChI=1S/C18H35N/c1-8-11-12-13-16(6)14-19(7)18(10-3)17(9-2)15(4)5/h16H,4,8-14H2,1-3,5-7H3/b18-17+. The molecule has 1 nitrogen and oxygen atoms in total. The molecule has 0 aromatic carbocycles. The van der Waals surface area contributed by atoms with Crippen molar-refractivity contribution in [3.63, 3.8) is 0 Å².